The van der Waals surface area contributed by atoms with Gasteiger partial charge in [0.15, 0.2) is 19.7 Å². The molecule has 0 saturated heterocycles. The van der Waals surface area contributed by atoms with Gasteiger partial charge in [-0.15, -0.1) is 0 Å². The van der Waals surface area contributed by atoms with Crippen LogP contribution in [-0.2, 0) is 24.5 Å². The van der Waals surface area contributed by atoms with Crippen LogP contribution in [0.3, 0.4) is 0 Å². The molecule has 3 N–H and O–H groups in total. The molecule has 0 heterocycles. The van der Waals surface area contributed by atoms with E-state index in [0.29, 0.717) is 6.42 Å². The first kappa shape index (κ1) is 19.4. The van der Waals surface area contributed by atoms with Gasteiger partial charge in [-0.1, -0.05) is 20.3 Å². The number of amides is 1. The molecule has 0 aliphatic rings. The first-order valence-electron chi connectivity index (χ1n) is 6.98. The van der Waals surface area contributed by atoms with Crippen LogP contribution in [-0.4, -0.2) is 41.3 Å². The lowest BCUT2D eigenvalue weighted by atomic mass is 9.98. The number of rotatable bonds is 7. The maximum absolute atomic E-state index is 12.0. The van der Waals surface area contributed by atoms with Crippen molar-refractivity contribution in [2.24, 2.45) is 11.7 Å². The molecule has 1 amide bonds. The van der Waals surface area contributed by atoms with E-state index in [0.717, 1.165) is 18.6 Å². The molecule has 130 valence electrons. The Kier molecular flexibility index (Phi) is 5.81. The van der Waals surface area contributed by atoms with Crippen LogP contribution >= 0.6 is 0 Å². The number of benzene rings is 1. The van der Waals surface area contributed by atoms with Gasteiger partial charge < -0.3 is 11.1 Å². The molecule has 0 aliphatic carbocycles. The Morgan fingerprint density at radius 3 is 2.13 bits per heavy atom. The Morgan fingerprint density at radius 1 is 1.17 bits per heavy atom. The summed E-state index contributed by atoms with van der Waals surface area (Å²) in [5, 5.41) is 2.83. The van der Waals surface area contributed by atoms with E-state index in [-0.39, 0.29) is 21.4 Å². The largest absolute Gasteiger partial charge is 0.372 e. The third-order valence-corrected chi connectivity index (χ3v) is 5.86. The lowest BCUT2D eigenvalue weighted by Gasteiger charge is -2.23. The minimum atomic E-state index is -3.70. The Hall–Kier alpha value is -1.61. The molecule has 0 aromatic heterocycles. The monoisotopic (exact) mass is 362 g/mol. The van der Waals surface area contributed by atoms with Crippen molar-refractivity contribution in [1.82, 2.24) is 0 Å². The third kappa shape index (κ3) is 4.93. The fourth-order valence-electron chi connectivity index (χ4n) is 2.06. The van der Waals surface area contributed by atoms with Gasteiger partial charge in [0, 0.05) is 12.5 Å². The highest BCUT2D eigenvalue weighted by molar-refractivity contribution is 7.91. The molecule has 0 fully saturated rings. The average Bonchev–Trinajstić information content (AvgIpc) is 2.41. The standard InChI is InChI=1S/C14H22N2O5S2/c1-5-9(2)13(14(15)17)16-11-7-6-10(22(3,18)19)8-12(11)23(4,20)21/h6-9,13,16H,5H2,1-4H3,(H2,15,17)/t9-,13-/m0/s1. The number of hydrogen-bond acceptors (Lipinski definition) is 6. The predicted molar refractivity (Wildman–Crippen MR) is 88.7 cm³/mol. The molecule has 23 heavy (non-hydrogen) atoms. The molecule has 2 atom stereocenters. The molecule has 0 aliphatic heterocycles. The van der Waals surface area contributed by atoms with E-state index in [9.17, 15) is 21.6 Å². The summed E-state index contributed by atoms with van der Waals surface area (Å²) in [5.41, 5.74) is 5.53. The van der Waals surface area contributed by atoms with Gasteiger partial charge in [0.2, 0.25) is 5.91 Å². The van der Waals surface area contributed by atoms with Crippen molar-refractivity contribution in [3.8, 4) is 0 Å². The highest BCUT2D eigenvalue weighted by Gasteiger charge is 2.25. The summed E-state index contributed by atoms with van der Waals surface area (Å²) in [7, 11) is -7.25. The van der Waals surface area contributed by atoms with Gasteiger partial charge in [-0.3, -0.25) is 4.79 Å². The van der Waals surface area contributed by atoms with Gasteiger partial charge in [-0.25, -0.2) is 16.8 Å². The Balaban J connectivity index is 3.44. The second-order valence-electron chi connectivity index (χ2n) is 5.61. The minimum Gasteiger partial charge on any atom is -0.372 e. The van der Waals surface area contributed by atoms with E-state index >= 15 is 0 Å². The number of nitrogens with one attached hydrogen (secondary N) is 1. The van der Waals surface area contributed by atoms with Crippen LogP contribution in [0.15, 0.2) is 28.0 Å². The van der Waals surface area contributed by atoms with Gasteiger partial charge in [0.1, 0.15) is 6.04 Å². The highest BCUT2D eigenvalue weighted by Crippen LogP contribution is 2.27. The first-order chi connectivity index (χ1) is 10.4. The van der Waals surface area contributed by atoms with E-state index in [1.54, 1.807) is 0 Å². The van der Waals surface area contributed by atoms with Crippen LogP contribution < -0.4 is 11.1 Å². The number of anilines is 1. The molecule has 1 rings (SSSR count). The maximum Gasteiger partial charge on any atom is 0.240 e. The summed E-state index contributed by atoms with van der Waals surface area (Å²) < 4.78 is 47.2. The van der Waals surface area contributed by atoms with E-state index in [4.69, 9.17) is 5.73 Å². The van der Waals surface area contributed by atoms with Crippen LogP contribution in [0.2, 0.25) is 0 Å². The van der Waals surface area contributed by atoms with Gasteiger partial charge >= 0.3 is 0 Å². The molecule has 0 radical (unpaired) electrons. The highest BCUT2D eigenvalue weighted by atomic mass is 32.2. The zero-order valence-corrected chi connectivity index (χ0v) is 15.2. The summed E-state index contributed by atoms with van der Waals surface area (Å²) in [6, 6.07) is 2.96. The van der Waals surface area contributed by atoms with Crippen molar-refractivity contribution in [3.63, 3.8) is 0 Å². The predicted octanol–water partition coefficient (Wildman–Crippen LogP) is 0.805. The van der Waals surface area contributed by atoms with Crippen molar-refractivity contribution in [3.05, 3.63) is 18.2 Å². The molecule has 7 nitrogen and oxygen atoms in total. The fourth-order valence-corrected chi connectivity index (χ4v) is 3.65. The Morgan fingerprint density at radius 2 is 1.74 bits per heavy atom. The van der Waals surface area contributed by atoms with Gasteiger partial charge in [-0.05, 0) is 24.1 Å². The van der Waals surface area contributed by atoms with Crippen LogP contribution in [0.25, 0.3) is 0 Å². The molecule has 0 unspecified atom stereocenters. The van der Waals surface area contributed by atoms with Crippen molar-refractivity contribution in [2.75, 3.05) is 17.8 Å². The van der Waals surface area contributed by atoms with Crippen LogP contribution in [0, 0.1) is 5.92 Å². The molecule has 0 spiro atoms. The third-order valence-electron chi connectivity index (χ3n) is 3.61. The number of sulfone groups is 2. The fraction of sp³-hybridized carbons (Fsp3) is 0.500. The number of carbonyl (C=O) groups excluding carboxylic acids is 1. The van der Waals surface area contributed by atoms with E-state index in [1.807, 2.05) is 13.8 Å². The molecule has 0 bridgehead atoms. The normalized spacial score (nSPS) is 15.0. The van der Waals surface area contributed by atoms with E-state index in [1.165, 1.54) is 12.1 Å². The maximum atomic E-state index is 12.0. The van der Waals surface area contributed by atoms with E-state index < -0.39 is 31.6 Å². The summed E-state index contributed by atoms with van der Waals surface area (Å²) in [5.74, 6) is -0.722. The quantitative estimate of drug-likeness (QED) is 0.739. The van der Waals surface area contributed by atoms with Crippen molar-refractivity contribution >= 4 is 31.3 Å². The molecule has 9 heteroatoms. The van der Waals surface area contributed by atoms with Crippen molar-refractivity contribution < 1.29 is 21.6 Å². The number of nitrogens with two attached hydrogens (primary N) is 1. The number of carbonyl (C=O) groups is 1. The van der Waals surface area contributed by atoms with Gasteiger partial charge in [0.25, 0.3) is 0 Å². The zero-order chi connectivity index (χ0) is 18.0. The van der Waals surface area contributed by atoms with Crippen LogP contribution in [0.1, 0.15) is 20.3 Å². The zero-order valence-electron chi connectivity index (χ0n) is 13.5. The molecular formula is C14H22N2O5S2. The van der Waals surface area contributed by atoms with Gasteiger partial charge in [0.05, 0.1) is 15.5 Å². The van der Waals surface area contributed by atoms with Crippen LogP contribution in [0.5, 0.6) is 0 Å². The Labute approximate surface area is 137 Å². The SMILES string of the molecule is CC[C@H](C)[C@H](Nc1ccc(S(C)(=O)=O)cc1S(C)(=O)=O)C(N)=O. The smallest absolute Gasteiger partial charge is 0.240 e. The summed E-state index contributed by atoms with van der Waals surface area (Å²) >= 11 is 0. The number of primary amides is 1. The minimum absolute atomic E-state index is 0.109. The molecule has 1 aromatic rings. The second kappa shape index (κ2) is 6.88. The first-order valence-corrected chi connectivity index (χ1v) is 10.8. The lowest BCUT2D eigenvalue weighted by Crippen LogP contribution is -2.40. The van der Waals surface area contributed by atoms with Crippen molar-refractivity contribution in [1.29, 1.82) is 0 Å². The molecular weight excluding hydrogens is 340 g/mol. The summed E-state index contributed by atoms with van der Waals surface area (Å²) in [6.07, 6.45) is 2.63. The topological polar surface area (TPSA) is 123 Å². The van der Waals surface area contributed by atoms with Crippen LogP contribution in [0.4, 0.5) is 5.69 Å². The number of hydrogen-bond donors (Lipinski definition) is 2. The summed E-state index contributed by atoms with van der Waals surface area (Å²) in [4.78, 5) is 11.3. The molecule has 0 saturated carbocycles. The molecule has 1 aromatic carbocycles. The van der Waals surface area contributed by atoms with E-state index in [2.05, 4.69) is 5.32 Å². The lowest BCUT2D eigenvalue weighted by molar-refractivity contribution is -0.119. The second-order valence-corrected chi connectivity index (χ2v) is 9.61. The van der Waals surface area contributed by atoms with Crippen molar-refractivity contribution in [2.45, 2.75) is 36.1 Å². The van der Waals surface area contributed by atoms with Gasteiger partial charge in [-0.2, -0.15) is 0 Å². The average molecular weight is 362 g/mol. The summed E-state index contributed by atoms with van der Waals surface area (Å²) in [6.45, 7) is 3.69. The Bertz CT molecular complexity index is 800.